The molecule has 1 rings (SSSR count). The zero-order valence-corrected chi connectivity index (χ0v) is 10.2. The van der Waals surface area contributed by atoms with Crippen molar-refractivity contribution >= 4 is 27.8 Å². The van der Waals surface area contributed by atoms with Crippen molar-refractivity contribution in [1.82, 2.24) is 5.32 Å². The molecular weight excluding hydrogens is 274 g/mol. The summed E-state index contributed by atoms with van der Waals surface area (Å²) in [6.45, 7) is 0.415. The molecular formula is C11H12BrNO3. The first-order valence-electron chi connectivity index (χ1n) is 4.81. The molecule has 0 aliphatic rings. The quantitative estimate of drug-likeness (QED) is 0.869. The number of nitrogens with one attached hydrogen (secondary N) is 1. The fourth-order valence-electron chi connectivity index (χ4n) is 1.16. The third-order valence-electron chi connectivity index (χ3n) is 1.94. The van der Waals surface area contributed by atoms with Gasteiger partial charge in [0, 0.05) is 17.4 Å². The molecule has 0 saturated heterocycles. The minimum Gasteiger partial charge on any atom is -0.481 e. The number of carbonyl (C=O) groups is 2. The van der Waals surface area contributed by atoms with E-state index in [1.165, 1.54) is 0 Å². The normalized spacial score (nSPS) is 9.81. The molecule has 0 bridgehead atoms. The van der Waals surface area contributed by atoms with Crippen LogP contribution in [0.4, 0.5) is 0 Å². The van der Waals surface area contributed by atoms with Gasteiger partial charge >= 0.3 is 5.97 Å². The van der Waals surface area contributed by atoms with Crippen molar-refractivity contribution in [3.8, 4) is 0 Å². The van der Waals surface area contributed by atoms with Crippen LogP contribution in [0.15, 0.2) is 28.7 Å². The number of benzene rings is 1. The molecule has 1 aromatic rings. The van der Waals surface area contributed by atoms with E-state index in [4.69, 9.17) is 5.11 Å². The maximum atomic E-state index is 11.2. The minimum atomic E-state index is -0.961. The van der Waals surface area contributed by atoms with E-state index in [9.17, 15) is 9.59 Å². The average molecular weight is 286 g/mol. The van der Waals surface area contributed by atoms with E-state index in [0.717, 1.165) is 10.0 Å². The first-order chi connectivity index (χ1) is 7.58. The maximum absolute atomic E-state index is 11.2. The van der Waals surface area contributed by atoms with E-state index < -0.39 is 5.97 Å². The topological polar surface area (TPSA) is 66.4 Å². The van der Waals surface area contributed by atoms with Gasteiger partial charge in [-0.3, -0.25) is 9.59 Å². The van der Waals surface area contributed by atoms with Crippen molar-refractivity contribution in [3.63, 3.8) is 0 Å². The van der Waals surface area contributed by atoms with Gasteiger partial charge in [0.25, 0.3) is 0 Å². The van der Waals surface area contributed by atoms with Gasteiger partial charge in [-0.15, -0.1) is 0 Å². The molecule has 16 heavy (non-hydrogen) atoms. The van der Waals surface area contributed by atoms with Gasteiger partial charge in [-0.25, -0.2) is 0 Å². The van der Waals surface area contributed by atoms with Gasteiger partial charge in [0.1, 0.15) is 0 Å². The number of carbonyl (C=O) groups excluding carboxylic acids is 1. The summed E-state index contributed by atoms with van der Waals surface area (Å²) in [5, 5.41) is 11.1. The van der Waals surface area contributed by atoms with Crippen LogP contribution in [0.25, 0.3) is 0 Å². The Hall–Kier alpha value is -1.36. The summed E-state index contributed by atoms with van der Waals surface area (Å²) >= 11 is 3.33. The second-order valence-corrected chi connectivity index (χ2v) is 4.22. The highest BCUT2D eigenvalue weighted by Crippen LogP contribution is 2.11. The standard InChI is InChI=1S/C11H12BrNO3/c12-9-3-1-2-8(6-9)7-13-10(14)4-5-11(15)16/h1-3,6H,4-5,7H2,(H,13,14)(H,15,16). The van der Waals surface area contributed by atoms with Crippen molar-refractivity contribution in [2.75, 3.05) is 0 Å². The molecule has 0 radical (unpaired) electrons. The number of carboxylic acids is 1. The second kappa shape index (κ2) is 6.27. The molecule has 86 valence electrons. The molecule has 0 heterocycles. The van der Waals surface area contributed by atoms with Gasteiger partial charge in [0.05, 0.1) is 6.42 Å². The highest BCUT2D eigenvalue weighted by atomic mass is 79.9. The monoisotopic (exact) mass is 285 g/mol. The van der Waals surface area contributed by atoms with Crippen molar-refractivity contribution in [2.24, 2.45) is 0 Å². The highest BCUT2D eigenvalue weighted by Gasteiger charge is 2.04. The summed E-state index contributed by atoms with van der Waals surface area (Å²) in [7, 11) is 0. The lowest BCUT2D eigenvalue weighted by atomic mass is 10.2. The lowest BCUT2D eigenvalue weighted by Crippen LogP contribution is -2.23. The number of aliphatic carboxylic acids is 1. The van der Waals surface area contributed by atoms with Crippen LogP contribution in [0.5, 0.6) is 0 Å². The number of amides is 1. The molecule has 1 aromatic carbocycles. The smallest absolute Gasteiger partial charge is 0.303 e. The summed E-state index contributed by atoms with van der Waals surface area (Å²) < 4.78 is 0.949. The molecule has 0 unspecified atom stereocenters. The molecule has 5 heteroatoms. The largest absolute Gasteiger partial charge is 0.481 e. The van der Waals surface area contributed by atoms with Crippen LogP contribution in [0.3, 0.4) is 0 Å². The molecule has 0 aromatic heterocycles. The van der Waals surface area contributed by atoms with Crippen LogP contribution in [0.1, 0.15) is 18.4 Å². The summed E-state index contributed by atoms with van der Waals surface area (Å²) in [4.78, 5) is 21.5. The number of hydrogen-bond acceptors (Lipinski definition) is 2. The number of carboxylic acid groups (broad SMARTS) is 1. The first-order valence-corrected chi connectivity index (χ1v) is 5.60. The zero-order chi connectivity index (χ0) is 12.0. The van der Waals surface area contributed by atoms with Crippen LogP contribution in [-0.4, -0.2) is 17.0 Å². The van der Waals surface area contributed by atoms with Gasteiger partial charge in [0.2, 0.25) is 5.91 Å². The van der Waals surface area contributed by atoms with Crippen molar-refractivity contribution in [1.29, 1.82) is 0 Å². The summed E-state index contributed by atoms with van der Waals surface area (Å²) in [6.07, 6.45) is -0.117. The zero-order valence-electron chi connectivity index (χ0n) is 8.57. The Bertz CT molecular complexity index is 393. The summed E-state index contributed by atoms with van der Waals surface area (Å²) in [6, 6.07) is 7.57. The lowest BCUT2D eigenvalue weighted by molar-refractivity contribution is -0.138. The van der Waals surface area contributed by atoms with Gasteiger partial charge in [-0.2, -0.15) is 0 Å². The third-order valence-corrected chi connectivity index (χ3v) is 2.44. The van der Waals surface area contributed by atoms with Crippen molar-refractivity contribution in [2.45, 2.75) is 19.4 Å². The fourth-order valence-corrected chi connectivity index (χ4v) is 1.60. The SMILES string of the molecule is O=C(O)CCC(=O)NCc1cccc(Br)c1. The van der Waals surface area contributed by atoms with E-state index in [1.54, 1.807) is 0 Å². The minimum absolute atomic E-state index is 0.0172. The Kier molecular flexibility index (Phi) is 4.98. The molecule has 0 fully saturated rings. The van der Waals surface area contributed by atoms with Crippen molar-refractivity contribution in [3.05, 3.63) is 34.3 Å². The first kappa shape index (κ1) is 12.7. The average Bonchev–Trinajstić information content (AvgIpc) is 2.23. The van der Waals surface area contributed by atoms with E-state index in [-0.39, 0.29) is 18.7 Å². The Morgan fingerprint density at radius 1 is 1.31 bits per heavy atom. The van der Waals surface area contributed by atoms with Gasteiger partial charge in [-0.1, -0.05) is 28.1 Å². The molecule has 0 saturated carbocycles. The maximum Gasteiger partial charge on any atom is 0.303 e. The molecule has 0 spiro atoms. The van der Waals surface area contributed by atoms with E-state index in [1.807, 2.05) is 24.3 Å². The second-order valence-electron chi connectivity index (χ2n) is 3.30. The van der Waals surface area contributed by atoms with Crippen LogP contribution in [-0.2, 0) is 16.1 Å². The van der Waals surface area contributed by atoms with Gasteiger partial charge in [0.15, 0.2) is 0 Å². The highest BCUT2D eigenvalue weighted by molar-refractivity contribution is 9.10. The molecule has 1 amide bonds. The van der Waals surface area contributed by atoms with Crippen LogP contribution in [0.2, 0.25) is 0 Å². The molecule has 0 atom stereocenters. The number of hydrogen-bond donors (Lipinski definition) is 2. The summed E-state index contributed by atoms with van der Waals surface area (Å²) in [5.74, 6) is -1.21. The van der Waals surface area contributed by atoms with Crippen LogP contribution >= 0.6 is 15.9 Å². The predicted octanol–water partition coefficient (Wildman–Crippen LogP) is 1.93. The molecule has 2 N–H and O–H groups in total. The van der Waals surface area contributed by atoms with E-state index in [2.05, 4.69) is 21.2 Å². The molecule has 0 aliphatic carbocycles. The third kappa shape index (κ3) is 4.93. The number of rotatable bonds is 5. The van der Waals surface area contributed by atoms with E-state index in [0.29, 0.717) is 6.54 Å². The fraction of sp³-hybridized carbons (Fsp3) is 0.273. The lowest BCUT2D eigenvalue weighted by Gasteiger charge is -2.04. The Morgan fingerprint density at radius 2 is 2.06 bits per heavy atom. The van der Waals surface area contributed by atoms with Crippen LogP contribution < -0.4 is 5.32 Å². The Labute approximate surface area is 102 Å². The molecule has 0 aliphatic heterocycles. The molecule has 4 nitrogen and oxygen atoms in total. The number of halogens is 1. The van der Waals surface area contributed by atoms with Crippen LogP contribution in [0, 0.1) is 0 Å². The summed E-state index contributed by atoms with van der Waals surface area (Å²) in [5.41, 5.74) is 0.970. The van der Waals surface area contributed by atoms with Gasteiger partial charge in [-0.05, 0) is 17.7 Å². The van der Waals surface area contributed by atoms with Gasteiger partial charge < -0.3 is 10.4 Å². The predicted molar refractivity (Wildman–Crippen MR) is 62.9 cm³/mol. The van der Waals surface area contributed by atoms with E-state index >= 15 is 0 Å². The Morgan fingerprint density at radius 3 is 2.69 bits per heavy atom. The Balaban J connectivity index is 2.34. The van der Waals surface area contributed by atoms with Crippen molar-refractivity contribution < 1.29 is 14.7 Å².